The van der Waals surface area contributed by atoms with Crippen molar-refractivity contribution in [2.45, 2.75) is 11.8 Å². The summed E-state index contributed by atoms with van der Waals surface area (Å²) in [6.45, 7) is 1.52. The largest absolute Gasteiger partial charge is 0.302 e. The Hall–Kier alpha value is -2.82. The third-order valence-corrected chi connectivity index (χ3v) is 3.83. The lowest BCUT2D eigenvalue weighted by Crippen LogP contribution is -2.15. The fourth-order valence-electron chi connectivity index (χ4n) is 1.61. The number of rotatable bonds is 4. The number of sulfone groups is 1. The topological polar surface area (TPSA) is 145 Å². The number of anilines is 1. The molecule has 0 spiro atoms. The van der Waals surface area contributed by atoms with Crippen LogP contribution in [0.3, 0.4) is 0 Å². The van der Waals surface area contributed by atoms with E-state index in [1.54, 1.807) is 0 Å². The summed E-state index contributed by atoms with van der Waals surface area (Å²) in [5.74, 6) is -0.808. The van der Waals surface area contributed by atoms with Gasteiger partial charge in [-0.25, -0.2) is 13.0 Å². The van der Waals surface area contributed by atoms with Crippen LogP contribution in [0.2, 0.25) is 0 Å². The Morgan fingerprint density at radius 1 is 1.36 bits per heavy atom. The lowest BCUT2D eigenvalue weighted by molar-refractivity contribution is -0.385. The summed E-state index contributed by atoms with van der Waals surface area (Å²) in [5, 5.41) is 20.2. The molecule has 0 unspecified atom stereocenters. The van der Waals surface area contributed by atoms with Crippen molar-refractivity contribution in [2.75, 3.05) is 11.6 Å². The van der Waals surface area contributed by atoms with Crippen molar-refractivity contribution in [1.82, 2.24) is 10.3 Å². The van der Waals surface area contributed by atoms with Crippen LogP contribution in [0.15, 0.2) is 27.7 Å². The molecule has 1 aromatic heterocycles. The SMILES string of the molecule is Cc1nonc1NC(=O)c1ccc(S(C)(=O)=O)cc1[N+](=O)[O-]. The molecular weight excluding hydrogens is 316 g/mol. The number of hydrogen-bond acceptors (Lipinski definition) is 8. The van der Waals surface area contributed by atoms with Crippen molar-refractivity contribution in [3.8, 4) is 0 Å². The lowest BCUT2D eigenvalue weighted by atomic mass is 10.1. The third kappa shape index (κ3) is 3.09. The monoisotopic (exact) mass is 326 g/mol. The Bertz CT molecular complexity index is 857. The smallest absolute Gasteiger partial charge is 0.283 e. The maximum atomic E-state index is 12.1. The number of aryl methyl sites for hydroxylation is 1. The van der Waals surface area contributed by atoms with E-state index < -0.39 is 26.4 Å². The second-order valence-electron chi connectivity index (χ2n) is 4.36. The van der Waals surface area contributed by atoms with Crippen LogP contribution in [-0.4, -0.2) is 35.8 Å². The highest BCUT2D eigenvalue weighted by molar-refractivity contribution is 7.90. The van der Waals surface area contributed by atoms with E-state index in [0.29, 0.717) is 5.69 Å². The Labute approximate surface area is 124 Å². The molecule has 0 bridgehead atoms. The molecule has 0 aliphatic rings. The second kappa shape index (κ2) is 5.52. The molecule has 1 aromatic carbocycles. The van der Waals surface area contributed by atoms with E-state index in [-0.39, 0.29) is 16.3 Å². The zero-order chi connectivity index (χ0) is 16.5. The summed E-state index contributed by atoms with van der Waals surface area (Å²) in [6.07, 6.45) is 0.913. The van der Waals surface area contributed by atoms with E-state index in [1.807, 2.05) is 0 Å². The van der Waals surface area contributed by atoms with Gasteiger partial charge in [0.05, 0.1) is 9.82 Å². The van der Waals surface area contributed by atoms with Gasteiger partial charge in [0.1, 0.15) is 11.3 Å². The molecule has 0 atom stereocenters. The van der Waals surface area contributed by atoms with Crippen LogP contribution in [0, 0.1) is 17.0 Å². The lowest BCUT2D eigenvalue weighted by Gasteiger charge is -2.05. The normalized spacial score (nSPS) is 11.2. The van der Waals surface area contributed by atoms with Crippen molar-refractivity contribution in [3.63, 3.8) is 0 Å². The Kier molecular flexibility index (Phi) is 3.91. The highest BCUT2D eigenvalue weighted by Crippen LogP contribution is 2.24. The number of nitrogens with one attached hydrogen (secondary N) is 1. The van der Waals surface area contributed by atoms with Crippen LogP contribution in [-0.2, 0) is 9.84 Å². The first-order valence-corrected chi connectivity index (χ1v) is 7.68. The van der Waals surface area contributed by atoms with Gasteiger partial charge in [-0.2, -0.15) is 0 Å². The van der Waals surface area contributed by atoms with Crippen LogP contribution in [0.5, 0.6) is 0 Å². The van der Waals surface area contributed by atoms with Gasteiger partial charge in [0.2, 0.25) is 5.82 Å². The maximum absolute atomic E-state index is 12.1. The van der Waals surface area contributed by atoms with Gasteiger partial charge in [0.25, 0.3) is 11.6 Å². The molecule has 10 nitrogen and oxygen atoms in total. The predicted octanol–water partition coefficient (Wildman–Crippen LogP) is 0.942. The molecule has 2 aromatic rings. The van der Waals surface area contributed by atoms with Crippen LogP contribution < -0.4 is 5.32 Å². The molecule has 11 heteroatoms. The number of hydrogen-bond donors (Lipinski definition) is 1. The number of carbonyl (C=O) groups is 1. The predicted molar refractivity (Wildman–Crippen MR) is 73.2 cm³/mol. The molecule has 22 heavy (non-hydrogen) atoms. The van der Waals surface area contributed by atoms with E-state index in [1.165, 1.54) is 6.92 Å². The van der Waals surface area contributed by atoms with Gasteiger partial charge in [-0.3, -0.25) is 14.9 Å². The van der Waals surface area contributed by atoms with Gasteiger partial charge >= 0.3 is 0 Å². The highest BCUT2D eigenvalue weighted by atomic mass is 32.2. The Morgan fingerprint density at radius 3 is 2.55 bits per heavy atom. The van der Waals surface area contributed by atoms with Gasteiger partial charge in [-0.1, -0.05) is 5.16 Å². The first kappa shape index (κ1) is 15.6. The third-order valence-electron chi connectivity index (χ3n) is 2.72. The molecule has 0 radical (unpaired) electrons. The highest BCUT2D eigenvalue weighted by Gasteiger charge is 2.24. The fourth-order valence-corrected chi connectivity index (χ4v) is 2.25. The number of nitrogens with zero attached hydrogens (tertiary/aromatic N) is 3. The van der Waals surface area contributed by atoms with Crippen molar-refractivity contribution in [2.24, 2.45) is 0 Å². The summed E-state index contributed by atoms with van der Waals surface area (Å²) in [7, 11) is -3.63. The van der Waals surface area contributed by atoms with Crippen molar-refractivity contribution >= 4 is 27.2 Å². The van der Waals surface area contributed by atoms with Gasteiger partial charge in [-0.15, -0.1) is 0 Å². The first-order valence-electron chi connectivity index (χ1n) is 5.79. The van der Waals surface area contributed by atoms with Gasteiger partial charge < -0.3 is 5.32 Å². The van der Waals surface area contributed by atoms with Crippen LogP contribution in [0.1, 0.15) is 16.1 Å². The molecule has 1 heterocycles. The maximum Gasteiger partial charge on any atom is 0.283 e. The number of amides is 1. The number of nitro groups is 1. The molecule has 1 N–H and O–H groups in total. The fraction of sp³-hybridized carbons (Fsp3) is 0.182. The molecule has 0 saturated carbocycles. The van der Waals surface area contributed by atoms with Crippen molar-refractivity contribution in [1.29, 1.82) is 0 Å². The number of aromatic nitrogens is 2. The number of carbonyl (C=O) groups excluding carboxylic acids is 1. The first-order chi connectivity index (χ1) is 10.2. The van der Waals surface area contributed by atoms with Gasteiger partial charge in [-0.05, 0) is 24.2 Å². The summed E-state index contributed by atoms with van der Waals surface area (Å²) in [6, 6.07) is 3.01. The number of nitro benzene ring substituents is 1. The van der Waals surface area contributed by atoms with Crippen molar-refractivity contribution < 1.29 is 22.8 Å². The van der Waals surface area contributed by atoms with E-state index in [0.717, 1.165) is 24.5 Å². The standard InChI is InChI=1S/C11H10N4O6S/c1-6-10(14-21-13-6)12-11(16)8-4-3-7(22(2,19)20)5-9(8)15(17)18/h3-5H,1-2H3,(H,12,14,16). The summed E-state index contributed by atoms with van der Waals surface area (Å²) < 4.78 is 27.3. The minimum Gasteiger partial charge on any atom is -0.302 e. The van der Waals surface area contributed by atoms with E-state index >= 15 is 0 Å². The van der Waals surface area contributed by atoms with Crippen LogP contribution in [0.4, 0.5) is 11.5 Å². The molecule has 0 aliphatic carbocycles. The van der Waals surface area contributed by atoms with Crippen molar-refractivity contribution in [3.05, 3.63) is 39.6 Å². The number of benzene rings is 1. The molecule has 0 aliphatic heterocycles. The van der Waals surface area contributed by atoms with E-state index in [9.17, 15) is 23.3 Å². The molecule has 1 amide bonds. The zero-order valence-corrected chi connectivity index (χ0v) is 12.2. The Morgan fingerprint density at radius 2 is 2.05 bits per heavy atom. The van der Waals surface area contributed by atoms with Gasteiger partial charge in [0.15, 0.2) is 9.84 Å². The molecule has 0 saturated heterocycles. The molecular formula is C11H10N4O6S. The summed E-state index contributed by atoms with van der Waals surface area (Å²) >= 11 is 0. The second-order valence-corrected chi connectivity index (χ2v) is 6.38. The minimum atomic E-state index is -3.63. The zero-order valence-electron chi connectivity index (χ0n) is 11.4. The summed E-state index contributed by atoms with van der Waals surface area (Å²) in [5.41, 5.74) is -0.641. The van der Waals surface area contributed by atoms with E-state index in [4.69, 9.17) is 0 Å². The molecule has 2 rings (SSSR count). The molecule has 116 valence electrons. The van der Waals surface area contributed by atoms with E-state index in [2.05, 4.69) is 20.3 Å². The van der Waals surface area contributed by atoms with Crippen LogP contribution >= 0.6 is 0 Å². The quantitative estimate of drug-likeness (QED) is 0.645. The van der Waals surface area contributed by atoms with Gasteiger partial charge in [0, 0.05) is 12.3 Å². The minimum absolute atomic E-state index is 0.0199. The van der Waals surface area contributed by atoms with Crippen LogP contribution in [0.25, 0.3) is 0 Å². The Balaban J connectivity index is 2.44. The molecule has 0 fully saturated rings. The average molecular weight is 326 g/mol. The summed E-state index contributed by atoms with van der Waals surface area (Å²) in [4.78, 5) is 22.0. The average Bonchev–Trinajstić information content (AvgIpc) is 2.82.